The van der Waals surface area contributed by atoms with Crippen molar-refractivity contribution < 1.29 is 10.0 Å². The Morgan fingerprint density at radius 2 is 1.86 bits per heavy atom. The van der Waals surface area contributed by atoms with E-state index in [2.05, 4.69) is 4.99 Å². The fourth-order valence-corrected chi connectivity index (χ4v) is 2.90. The van der Waals surface area contributed by atoms with Gasteiger partial charge in [-0.05, 0) is 24.3 Å². The highest BCUT2D eigenvalue weighted by Gasteiger charge is 2.08. The molecule has 0 atom stereocenters. The van der Waals surface area contributed by atoms with E-state index in [1.165, 1.54) is 23.5 Å². The van der Waals surface area contributed by atoms with Crippen LogP contribution in [0.2, 0.25) is 0 Å². The normalized spacial score (nSPS) is 11.2. The summed E-state index contributed by atoms with van der Waals surface area (Å²) in [5.74, 6) is 0.210. The third-order valence-electron chi connectivity index (χ3n) is 2.99. The molecule has 5 nitrogen and oxygen atoms in total. The number of nitro benzene ring substituents is 1. The van der Waals surface area contributed by atoms with E-state index in [9.17, 15) is 15.2 Å². The molecule has 0 amide bonds. The molecule has 0 saturated heterocycles. The Morgan fingerprint density at radius 1 is 1.14 bits per heavy atom. The zero-order valence-corrected chi connectivity index (χ0v) is 11.6. The van der Waals surface area contributed by atoms with Crippen LogP contribution < -0.4 is 0 Å². The lowest BCUT2D eigenvalue weighted by Gasteiger charge is -1.94. The molecule has 0 unspecified atom stereocenters. The van der Waals surface area contributed by atoms with Crippen LogP contribution in [0.15, 0.2) is 53.5 Å². The van der Waals surface area contributed by atoms with Gasteiger partial charge in [-0.2, -0.15) is 0 Å². The summed E-state index contributed by atoms with van der Waals surface area (Å²) in [6, 6.07) is 13.5. The molecule has 104 valence electrons. The molecule has 6 heteroatoms. The van der Waals surface area contributed by atoms with Gasteiger partial charge in [0.05, 0.1) is 15.5 Å². The summed E-state index contributed by atoms with van der Waals surface area (Å²) in [5, 5.41) is 21.5. The number of aliphatic imine (C=N–C) groups is 1. The van der Waals surface area contributed by atoms with E-state index in [0.717, 1.165) is 10.1 Å². The fraction of sp³-hybridized carbons (Fsp3) is 0. The van der Waals surface area contributed by atoms with Crippen molar-refractivity contribution in [2.75, 3.05) is 0 Å². The number of thiophene rings is 1. The molecule has 0 aliphatic carbocycles. The molecule has 3 rings (SSSR count). The van der Waals surface area contributed by atoms with E-state index in [1.807, 2.05) is 24.3 Å². The quantitative estimate of drug-likeness (QED) is 0.446. The lowest BCUT2D eigenvalue weighted by atomic mass is 10.2. The van der Waals surface area contributed by atoms with Gasteiger partial charge in [0.25, 0.3) is 5.69 Å². The summed E-state index contributed by atoms with van der Waals surface area (Å²) < 4.78 is 0.986. The van der Waals surface area contributed by atoms with Crippen LogP contribution in [0, 0.1) is 10.1 Å². The van der Waals surface area contributed by atoms with Gasteiger partial charge < -0.3 is 5.11 Å². The molecule has 1 N–H and O–H groups in total. The van der Waals surface area contributed by atoms with Gasteiger partial charge in [0.2, 0.25) is 0 Å². The van der Waals surface area contributed by atoms with Crippen LogP contribution in [-0.4, -0.2) is 16.2 Å². The van der Waals surface area contributed by atoms with Gasteiger partial charge >= 0.3 is 0 Å². The first kappa shape index (κ1) is 13.3. The number of hydrogen-bond donors (Lipinski definition) is 1. The maximum Gasteiger partial charge on any atom is 0.269 e. The first-order valence-electron chi connectivity index (χ1n) is 6.14. The van der Waals surface area contributed by atoms with Gasteiger partial charge in [-0.25, -0.2) is 0 Å². The molecule has 0 saturated carbocycles. The van der Waals surface area contributed by atoms with Crippen molar-refractivity contribution in [2.45, 2.75) is 0 Å². The van der Waals surface area contributed by atoms with Crippen LogP contribution in [0.4, 0.5) is 11.4 Å². The van der Waals surface area contributed by atoms with Crippen molar-refractivity contribution in [2.24, 2.45) is 4.99 Å². The smallest absolute Gasteiger partial charge is 0.269 e. The predicted molar refractivity (Wildman–Crippen MR) is 83.8 cm³/mol. The molecular weight excluding hydrogens is 288 g/mol. The van der Waals surface area contributed by atoms with Crippen LogP contribution in [0.25, 0.3) is 10.1 Å². The van der Waals surface area contributed by atoms with Gasteiger partial charge in [0.1, 0.15) is 5.75 Å². The fourth-order valence-electron chi connectivity index (χ4n) is 1.93. The lowest BCUT2D eigenvalue weighted by Crippen LogP contribution is -1.85. The van der Waals surface area contributed by atoms with Gasteiger partial charge in [-0.15, -0.1) is 11.3 Å². The van der Waals surface area contributed by atoms with Gasteiger partial charge in [-0.1, -0.05) is 12.1 Å². The number of non-ortho nitro benzene ring substituents is 1. The summed E-state index contributed by atoms with van der Waals surface area (Å²) in [4.78, 5) is 15.0. The van der Waals surface area contributed by atoms with Gasteiger partial charge in [-0.3, -0.25) is 15.1 Å². The number of hydrogen-bond acceptors (Lipinski definition) is 5. The maximum atomic E-state index is 10.6. The Kier molecular flexibility index (Phi) is 3.37. The summed E-state index contributed by atoms with van der Waals surface area (Å²) in [6.07, 6.45) is 1.57. The zero-order chi connectivity index (χ0) is 14.8. The van der Waals surface area contributed by atoms with E-state index < -0.39 is 4.92 Å². The van der Waals surface area contributed by atoms with Crippen LogP contribution >= 0.6 is 11.3 Å². The second-order valence-corrected chi connectivity index (χ2v) is 5.43. The second kappa shape index (κ2) is 5.34. The first-order valence-corrected chi connectivity index (χ1v) is 6.96. The monoisotopic (exact) mass is 298 g/mol. The molecule has 1 heterocycles. The van der Waals surface area contributed by atoms with Crippen molar-refractivity contribution in [3.8, 4) is 5.75 Å². The predicted octanol–water partition coefficient (Wildman–Crippen LogP) is 4.27. The third kappa shape index (κ3) is 2.61. The molecular formula is C15H10N2O3S. The number of benzene rings is 2. The molecule has 0 radical (unpaired) electrons. The Morgan fingerprint density at radius 3 is 2.52 bits per heavy atom. The molecule has 1 aromatic heterocycles. The average molecular weight is 298 g/mol. The summed E-state index contributed by atoms with van der Waals surface area (Å²) in [7, 11) is 0. The van der Waals surface area contributed by atoms with Crippen LogP contribution in [0.5, 0.6) is 5.75 Å². The van der Waals surface area contributed by atoms with E-state index in [1.54, 1.807) is 18.3 Å². The minimum Gasteiger partial charge on any atom is -0.506 e. The van der Waals surface area contributed by atoms with Crippen LogP contribution in [-0.2, 0) is 0 Å². The van der Waals surface area contributed by atoms with Crippen molar-refractivity contribution in [1.29, 1.82) is 0 Å². The van der Waals surface area contributed by atoms with Gasteiger partial charge in [0, 0.05) is 28.4 Å². The summed E-state index contributed by atoms with van der Waals surface area (Å²) in [6.45, 7) is 0. The summed E-state index contributed by atoms with van der Waals surface area (Å²) >= 11 is 1.44. The lowest BCUT2D eigenvalue weighted by molar-refractivity contribution is -0.384. The maximum absolute atomic E-state index is 10.6. The van der Waals surface area contributed by atoms with Gasteiger partial charge in [0.15, 0.2) is 0 Å². The average Bonchev–Trinajstić information content (AvgIpc) is 2.82. The summed E-state index contributed by atoms with van der Waals surface area (Å²) in [5.41, 5.74) is 0.621. The van der Waals surface area contributed by atoms with Crippen LogP contribution in [0.1, 0.15) is 4.88 Å². The van der Waals surface area contributed by atoms with Crippen molar-refractivity contribution in [1.82, 2.24) is 0 Å². The largest absolute Gasteiger partial charge is 0.506 e. The van der Waals surface area contributed by atoms with E-state index >= 15 is 0 Å². The molecule has 0 fully saturated rings. The molecule has 3 aromatic rings. The number of aromatic hydroxyl groups is 1. The molecule has 0 bridgehead atoms. The Bertz CT molecular complexity index is 838. The minimum absolute atomic E-state index is 0.0265. The SMILES string of the molecule is O=[N+]([O-])c1ccc(N=Cc2sc3ccccc3c2O)cc1. The molecule has 0 spiro atoms. The highest BCUT2D eigenvalue weighted by atomic mass is 32.1. The Hall–Kier alpha value is -2.73. The van der Waals surface area contributed by atoms with Crippen LogP contribution in [0.3, 0.4) is 0 Å². The van der Waals surface area contributed by atoms with E-state index in [0.29, 0.717) is 10.6 Å². The second-order valence-electron chi connectivity index (χ2n) is 4.34. The zero-order valence-electron chi connectivity index (χ0n) is 10.8. The number of nitrogens with zero attached hydrogens (tertiary/aromatic N) is 2. The minimum atomic E-state index is -0.453. The molecule has 2 aromatic carbocycles. The molecule has 0 aliphatic heterocycles. The number of nitro groups is 1. The molecule has 0 aliphatic rings. The number of fused-ring (bicyclic) bond motifs is 1. The Balaban J connectivity index is 1.90. The third-order valence-corrected chi connectivity index (χ3v) is 4.08. The standard InChI is InChI=1S/C15H10N2O3S/c18-15-12-3-1-2-4-13(12)21-14(15)9-16-10-5-7-11(8-6-10)17(19)20/h1-9,18H. The Labute approximate surface area is 124 Å². The molecule has 21 heavy (non-hydrogen) atoms. The van der Waals surface area contributed by atoms with Crippen molar-refractivity contribution >= 4 is 39.0 Å². The highest BCUT2D eigenvalue weighted by molar-refractivity contribution is 7.21. The van der Waals surface area contributed by atoms with E-state index in [4.69, 9.17) is 0 Å². The van der Waals surface area contributed by atoms with E-state index in [-0.39, 0.29) is 11.4 Å². The van der Waals surface area contributed by atoms with Crippen molar-refractivity contribution in [3.63, 3.8) is 0 Å². The highest BCUT2D eigenvalue weighted by Crippen LogP contribution is 2.35. The first-order chi connectivity index (χ1) is 10.1. The topological polar surface area (TPSA) is 75.7 Å². The van der Waals surface area contributed by atoms with Crippen molar-refractivity contribution in [3.05, 3.63) is 63.5 Å². The number of rotatable bonds is 3.